The fourth-order valence-electron chi connectivity index (χ4n) is 2.74. The third kappa shape index (κ3) is 8.77. The molecule has 1 rings (SSSR count). The van der Waals surface area contributed by atoms with Gasteiger partial charge in [0.2, 0.25) is 0 Å². The second-order valence-corrected chi connectivity index (χ2v) is 6.22. The van der Waals surface area contributed by atoms with Crippen LogP contribution in [0.2, 0.25) is 0 Å². The zero-order valence-corrected chi connectivity index (χ0v) is 13.6. The smallest absolute Gasteiger partial charge is 0.0954 e. The molecule has 2 N–H and O–H groups in total. The van der Waals surface area contributed by atoms with Gasteiger partial charge in [0.25, 0.3) is 0 Å². The van der Waals surface area contributed by atoms with Crippen molar-refractivity contribution in [3.8, 4) is 0 Å². The molecule has 0 bridgehead atoms. The van der Waals surface area contributed by atoms with Gasteiger partial charge in [0, 0.05) is 6.42 Å². The Hall–Kier alpha value is -1.02. The molecule has 0 aromatic heterocycles. The van der Waals surface area contributed by atoms with E-state index in [0.717, 1.165) is 25.7 Å². The van der Waals surface area contributed by atoms with Gasteiger partial charge in [0.1, 0.15) is 0 Å². The Morgan fingerprint density at radius 1 is 1.05 bits per heavy atom. The lowest BCUT2D eigenvalue weighted by molar-refractivity contribution is 0.0658. The standard InChI is InChI=1S/C19H32O2/c1-2-3-4-5-6-7-8-9-10-11-12-15-19(21)16-13-14-18(20)17-19/h8-9,13-14,16,20-21H,2-7,10-12,15,17H2,1H3. The average molecular weight is 292 g/mol. The minimum Gasteiger partial charge on any atom is -0.512 e. The maximum absolute atomic E-state index is 10.3. The van der Waals surface area contributed by atoms with Gasteiger partial charge in [-0.05, 0) is 44.6 Å². The molecule has 0 aromatic rings. The van der Waals surface area contributed by atoms with Crippen LogP contribution in [0, 0.1) is 0 Å². The van der Waals surface area contributed by atoms with Gasteiger partial charge in [-0.25, -0.2) is 0 Å². The number of aliphatic hydroxyl groups is 2. The fraction of sp³-hybridized carbons (Fsp3) is 0.684. The Kier molecular flexibility index (Phi) is 9.16. The molecule has 1 atom stereocenters. The van der Waals surface area contributed by atoms with Crippen molar-refractivity contribution >= 4 is 0 Å². The normalized spacial score (nSPS) is 21.9. The van der Waals surface area contributed by atoms with E-state index in [1.54, 1.807) is 18.2 Å². The maximum atomic E-state index is 10.3. The molecule has 120 valence electrons. The number of hydrogen-bond donors (Lipinski definition) is 2. The molecule has 0 aromatic carbocycles. The number of hydrogen-bond acceptors (Lipinski definition) is 2. The van der Waals surface area contributed by atoms with Crippen molar-refractivity contribution in [1.82, 2.24) is 0 Å². The van der Waals surface area contributed by atoms with E-state index in [1.807, 2.05) is 0 Å². The summed E-state index contributed by atoms with van der Waals surface area (Å²) < 4.78 is 0. The van der Waals surface area contributed by atoms with E-state index in [1.165, 1.54) is 38.5 Å². The molecule has 0 spiro atoms. The van der Waals surface area contributed by atoms with Crippen molar-refractivity contribution in [2.24, 2.45) is 0 Å². The lowest BCUT2D eigenvalue weighted by Crippen LogP contribution is -2.27. The van der Waals surface area contributed by atoms with Crippen LogP contribution in [0.3, 0.4) is 0 Å². The van der Waals surface area contributed by atoms with Gasteiger partial charge in [-0.1, -0.05) is 56.9 Å². The Morgan fingerprint density at radius 3 is 2.38 bits per heavy atom. The first-order valence-electron chi connectivity index (χ1n) is 8.61. The number of rotatable bonds is 11. The van der Waals surface area contributed by atoms with Crippen LogP contribution in [0.4, 0.5) is 0 Å². The van der Waals surface area contributed by atoms with Gasteiger partial charge in [-0.3, -0.25) is 0 Å². The summed E-state index contributed by atoms with van der Waals surface area (Å²) >= 11 is 0. The molecule has 2 heteroatoms. The summed E-state index contributed by atoms with van der Waals surface area (Å²) in [6.45, 7) is 2.25. The van der Waals surface area contributed by atoms with Crippen LogP contribution in [-0.2, 0) is 0 Å². The third-order valence-corrected chi connectivity index (χ3v) is 4.05. The third-order valence-electron chi connectivity index (χ3n) is 4.05. The first-order valence-corrected chi connectivity index (χ1v) is 8.61. The van der Waals surface area contributed by atoms with Gasteiger partial charge in [0.15, 0.2) is 0 Å². The van der Waals surface area contributed by atoms with Crippen molar-refractivity contribution in [1.29, 1.82) is 0 Å². The predicted octanol–water partition coefficient (Wildman–Crippen LogP) is 5.60. The van der Waals surface area contributed by atoms with Crippen LogP contribution < -0.4 is 0 Å². The Bertz CT molecular complexity index is 355. The second-order valence-electron chi connectivity index (χ2n) is 6.22. The molecule has 1 aliphatic rings. The second kappa shape index (κ2) is 10.7. The first-order chi connectivity index (χ1) is 10.2. The molecule has 0 amide bonds. The lowest BCUT2D eigenvalue weighted by Gasteiger charge is -2.26. The van der Waals surface area contributed by atoms with E-state index in [-0.39, 0.29) is 5.76 Å². The SMILES string of the molecule is CCCCCCCC=CCCCCC1(O)C=CC=C(O)C1. The monoisotopic (exact) mass is 292 g/mol. The minimum absolute atomic E-state index is 0.281. The minimum atomic E-state index is -0.832. The highest BCUT2D eigenvalue weighted by Crippen LogP contribution is 2.27. The summed E-state index contributed by atoms with van der Waals surface area (Å²) in [6, 6.07) is 0. The fourth-order valence-corrected chi connectivity index (χ4v) is 2.74. The van der Waals surface area contributed by atoms with Gasteiger partial charge < -0.3 is 10.2 Å². The number of unbranched alkanes of at least 4 members (excludes halogenated alkanes) is 7. The summed E-state index contributed by atoms with van der Waals surface area (Å²) in [5, 5.41) is 19.7. The van der Waals surface area contributed by atoms with E-state index < -0.39 is 5.60 Å². The van der Waals surface area contributed by atoms with Crippen molar-refractivity contribution < 1.29 is 10.2 Å². The average Bonchev–Trinajstić information content (AvgIpc) is 2.44. The summed E-state index contributed by atoms with van der Waals surface area (Å²) in [5.41, 5.74) is -0.832. The van der Waals surface area contributed by atoms with Crippen LogP contribution in [0.5, 0.6) is 0 Å². The number of allylic oxidation sites excluding steroid dienone is 4. The Balaban J connectivity index is 1.97. The predicted molar refractivity (Wildman–Crippen MR) is 90.4 cm³/mol. The lowest BCUT2D eigenvalue weighted by atomic mass is 9.88. The molecule has 0 saturated heterocycles. The summed E-state index contributed by atoms with van der Waals surface area (Å²) in [7, 11) is 0. The van der Waals surface area contributed by atoms with E-state index in [0.29, 0.717) is 6.42 Å². The maximum Gasteiger partial charge on any atom is 0.0954 e. The zero-order chi connectivity index (χ0) is 15.4. The highest BCUT2D eigenvalue weighted by molar-refractivity contribution is 5.21. The molecule has 0 aliphatic heterocycles. The van der Waals surface area contributed by atoms with Gasteiger partial charge in [0.05, 0.1) is 11.4 Å². The van der Waals surface area contributed by atoms with Crippen LogP contribution in [-0.4, -0.2) is 15.8 Å². The van der Waals surface area contributed by atoms with Crippen LogP contribution in [0.1, 0.15) is 77.6 Å². The van der Waals surface area contributed by atoms with Gasteiger partial charge in [-0.15, -0.1) is 0 Å². The Morgan fingerprint density at radius 2 is 1.71 bits per heavy atom. The van der Waals surface area contributed by atoms with Crippen molar-refractivity contribution in [2.45, 2.75) is 83.2 Å². The quantitative estimate of drug-likeness (QED) is 0.384. The summed E-state index contributed by atoms with van der Waals surface area (Å²) in [5.74, 6) is 0.281. The molecule has 21 heavy (non-hydrogen) atoms. The molecule has 2 nitrogen and oxygen atoms in total. The zero-order valence-electron chi connectivity index (χ0n) is 13.6. The van der Waals surface area contributed by atoms with E-state index >= 15 is 0 Å². The van der Waals surface area contributed by atoms with Crippen LogP contribution in [0.15, 0.2) is 36.1 Å². The highest BCUT2D eigenvalue weighted by atomic mass is 16.3. The Labute approximate surface area is 130 Å². The van der Waals surface area contributed by atoms with Crippen LogP contribution >= 0.6 is 0 Å². The first kappa shape index (κ1) is 18.0. The highest BCUT2D eigenvalue weighted by Gasteiger charge is 2.26. The molecular formula is C19H32O2. The molecule has 0 fully saturated rings. The topological polar surface area (TPSA) is 40.5 Å². The summed E-state index contributed by atoms with van der Waals surface area (Å²) in [4.78, 5) is 0. The van der Waals surface area contributed by atoms with E-state index in [9.17, 15) is 10.2 Å². The molecule has 1 unspecified atom stereocenters. The van der Waals surface area contributed by atoms with Gasteiger partial charge >= 0.3 is 0 Å². The van der Waals surface area contributed by atoms with Crippen LogP contribution in [0.25, 0.3) is 0 Å². The van der Waals surface area contributed by atoms with Crippen molar-refractivity contribution in [3.05, 3.63) is 36.1 Å². The van der Waals surface area contributed by atoms with E-state index in [4.69, 9.17) is 0 Å². The van der Waals surface area contributed by atoms with Gasteiger partial charge in [-0.2, -0.15) is 0 Å². The van der Waals surface area contributed by atoms with E-state index in [2.05, 4.69) is 19.1 Å². The molecule has 1 aliphatic carbocycles. The number of aliphatic hydroxyl groups excluding tert-OH is 1. The molecule has 0 radical (unpaired) electrons. The van der Waals surface area contributed by atoms with Crippen molar-refractivity contribution in [2.75, 3.05) is 0 Å². The van der Waals surface area contributed by atoms with Crippen molar-refractivity contribution in [3.63, 3.8) is 0 Å². The summed E-state index contributed by atoms with van der Waals surface area (Å²) in [6.07, 6.45) is 22.0. The molecular weight excluding hydrogens is 260 g/mol. The molecule has 0 saturated carbocycles. The largest absolute Gasteiger partial charge is 0.512 e. The molecule has 0 heterocycles.